The molecule has 0 saturated carbocycles. The van der Waals surface area contributed by atoms with E-state index in [1.807, 2.05) is 13.8 Å². The van der Waals surface area contributed by atoms with Gasteiger partial charge in [0.2, 0.25) is 10.0 Å². The SMILES string of the molecule is CCOC(=O)CCCNS(=O)(=O)CCC(C)C. The van der Waals surface area contributed by atoms with Crippen molar-refractivity contribution in [2.75, 3.05) is 18.9 Å². The summed E-state index contributed by atoms with van der Waals surface area (Å²) in [7, 11) is -3.19. The first-order valence-electron chi connectivity index (χ1n) is 6.00. The quantitative estimate of drug-likeness (QED) is 0.504. The van der Waals surface area contributed by atoms with Crippen molar-refractivity contribution in [3.63, 3.8) is 0 Å². The van der Waals surface area contributed by atoms with E-state index in [0.29, 0.717) is 31.9 Å². The Kier molecular flexibility index (Phi) is 8.16. The highest BCUT2D eigenvalue weighted by molar-refractivity contribution is 7.89. The first-order chi connectivity index (χ1) is 7.87. The van der Waals surface area contributed by atoms with Crippen molar-refractivity contribution in [3.05, 3.63) is 0 Å². The van der Waals surface area contributed by atoms with Crippen LogP contribution in [-0.4, -0.2) is 33.3 Å². The third-order valence-electron chi connectivity index (χ3n) is 2.15. The summed E-state index contributed by atoms with van der Waals surface area (Å²) in [5, 5.41) is 0. The molecule has 0 unspecified atom stereocenters. The predicted molar refractivity (Wildman–Crippen MR) is 67.1 cm³/mol. The van der Waals surface area contributed by atoms with Gasteiger partial charge in [0.1, 0.15) is 0 Å². The van der Waals surface area contributed by atoms with E-state index in [9.17, 15) is 13.2 Å². The zero-order chi connectivity index (χ0) is 13.3. The monoisotopic (exact) mass is 265 g/mol. The van der Waals surface area contributed by atoms with E-state index >= 15 is 0 Å². The van der Waals surface area contributed by atoms with E-state index in [-0.39, 0.29) is 18.1 Å². The molecular weight excluding hydrogens is 242 g/mol. The fourth-order valence-electron chi connectivity index (χ4n) is 1.16. The zero-order valence-corrected chi connectivity index (χ0v) is 11.7. The average molecular weight is 265 g/mol. The van der Waals surface area contributed by atoms with Crippen LogP contribution in [0.2, 0.25) is 0 Å². The molecule has 0 fully saturated rings. The minimum atomic E-state index is -3.19. The smallest absolute Gasteiger partial charge is 0.305 e. The lowest BCUT2D eigenvalue weighted by Gasteiger charge is -2.08. The first-order valence-corrected chi connectivity index (χ1v) is 7.65. The molecule has 0 saturated heterocycles. The number of hydrogen-bond acceptors (Lipinski definition) is 4. The van der Waals surface area contributed by atoms with Gasteiger partial charge in [0.05, 0.1) is 12.4 Å². The van der Waals surface area contributed by atoms with E-state index in [1.165, 1.54) is 0 Å². The second kappa shape index (κ2) is 8.47. The second-order valence-electron chi connectivity index (χ2n) is 4.30. The molecule has 0 rings (SSSR count). The van der Waals surface area contributed by atoms with Crippen molar-refractivity contribution in [2.24, 2.45) is 5.92 Å². The van der Waals surface area contributed by atoms with E-state index in [0.717, 1.165) is 0 Å². The highest BCUT2D eigenvalue weighted by Crippen LogP contribution is 2.02. The highest BCUT2D eigenvalue weighted by Gasteiger charge is 2.10. The summed E-state index contributed by atoms with van der Waals surface area (Å²) in [4.78, 5) is 11.0. The lowest BCUT2D eigenvalue weighted by molar-refractivity contribution is -0.143. The van der Waals surface area contributed by atoms with Crippen LogP contribution in [0.3, 0.4) is 0 Å². The van der Waals surface area contributed by atoms with Crippen molar-refractivity contribution in [1.82, 2.24) is 4.72 Å². The fourth-order valence-corrected chi connectivity index (χ4v) is 2.54. The Morgan fingerprint density at radius 2 is 2.00 bits per heavy atom. The van der Waals surface area contributed by atoms with Crippen LogP contribution >= 0.6 is 0 Å². The van der Waals surface area contributed by atoms with E-state index in [2.05, 4.69) is 4.72 Å². The maximum atomic E-state index is 11.5. The topological polar surface area (TPSA) is 72.5 Å². The van der Waals surface area contributed by atoms with Gasteiger partial charge in [-0.2, -0.15) is 0 Å². The number of ether oxygens (including phenoxy) is 1. The number of carbonyl (C=O) groups is 1. The van der Waals surface area contributed by atoms with Gasteiger partial charge in [0.15, 0.2) is 0 Å². The number of nitrogens with one attached hydrogen (secondary N) is 1. The summed E-state index contributed by atoms with van der Waals surface area (Å²) in [5.41, 5.74) is 0. The van der Waals surface area contributed by atoms with Gasteiger partial charge in [-0.3, -0.25) is 4.79 Å². The third kappa shape index (κ3) is 10.3. The molecule has 1 N–H and O–H groups in total. The van der Waals surface area contributed by atoms with Crippen LogP contribution in [0.25, 0.3) is 0 Å². The maximum absolute atomic E-state index is 11.5. The van der Waals surface area contributed by atoms with Gasteiger partial charge < -0.3 is 4.74 Å². The predicted octanol–water partition coefficient (Wildman–Crippen LogP) is 1.30. The maximum Gasteiger partial charge on any atom is 0.305 e. The third-order valence-corrected chi connectivity index (χ3v) is 3.57. The molecule has 0 aliphatic carbocycles. The lowest BCUT2D eigenvalue weighted by Crippen LogP contribution is -2.28. The molecule has 0 bridgehead atoms. The number of hydrogen-bond donors (Lipinski definition) is 1. The number of rotatable bonds is 9. The van der Waals surface area contributed by atoms with E-state index < -0.39 is 10.0 Å². The van der Waals surface area contributed by atoms with Gasteiger partial charge in [-0.25, -0.2) is 13.1 Å². The first kappa shape index (κ1) is 16.4. The normalized spacial score (nSPS) is 11.8. The molecule has 0 aromatic carbocycles. The summed E-state index contributed by atoms with van der Waals surface area (Å²) in [6, 6.07) is 0. The average Bonchev–Trinajstić information content (AvgIpc) is 2.22. The van der Waals surface area contributed by atoms with Crippen molar-refractivity contribution in [1.29, 1.82) is 0 Å². The Morgan fingerprint density at radius 1 is 1.35 bits per heavy atom. The summed E-state index contributed by atoms with van der Waals surface area (Å²) < 4.78 is 30.2. The molecule has 0 aromatic heterocycles. The Bertz CT molecular complexity index is 311. The van der Waals surface area contributed by atoms with Crippen LogP contribution in [0.1, 0.15) is 40.0 Å². The van der Waals surface area contributed by atoms with E-state index in [4.69, 9.17) is 4.74 Å². The summed E-state index contributed by atoms with van der Waals surface area (Å²) in [6.07, 6.45) is 1.37. The van der Waals surface area contributed by atoms with Crippen LogP contribution < -0.4 is 4.72 Å². The van der Waals surface area contributed by atoms with Gasteiger partial charge in [0, 0.05) is 13.0 Å². The van der Waals surface area contributed by atoms with Crippen molar-refractivity contribution in [2.45, 2.75) is 40.0 Å². The molecule has 0 radical (unpaired) electrons. The zero-order valence-electron chi connectivity index (χ0n) is 10.9. The van der Waals surface area contributed by atoms with Crippen molar-refractivity contribution >= 4 is 16.0 Å². The van der Waals surface area contributed by atoms with Crippen LogP contribution in [-0.2, 0) is 19.6 Å². The lowest BCUT2D eigenvalue weighted by atomic mass is 10.2. The number of carbonyl (C=O) groups excluding carboxylic acids is 1. The highest BCUT2D eigenvalue weighted by atomic mass is 32.2. The molecule has 5 nitrogen and oxygen atoms in total. The van der Waals surface area contributed by atoms with Gasteiger partial charge in [-0.05, 0) is 25.7 Å². The van der Waals surface area contributed by atoms with Gasteiger partial charge in [-0.15, -0.1) is 0 Å². The largest absolute Gasteiger partial charge is 0.466 e. The standard InChI is InChI=1S/C11H23NO4S/c1-4-16-11(13)6-5-8-12-17(14,15)9-7-10(2)3/h10,12H,4-9H2,1-3H3. The molecule has 0 aliphatic heterocycles. The Balaban J connectivity index is 3.69. The Morgan fingerprint density at radius 3 is 2.53 bits per heavy atom. The summed E-state index contributed by atoms with van der Waals surface area (Å²) >= 11 is 0. The van der Waals surface area contributed by atoms with Crippen molar-refractivity contribution in [3.8, 4) is 0 Å². The molecule has 0 amide bonds. The second-order valence-corrected chi connectivity index (χ2v) is 6.23. The molecule has 0 aromatic rings. The summed E-state index contributed by atoms with van der Waals surface area (Å²) in [5.74, 6) is 0.226. The number of esters is 1. The molecule has 102 valence electrons. The van der Waals surface area contributed by atoms with E-state index in [1.54, 1.807) is 6.92 Å². The summed E-state index contributed by atoms with van der Waals surface area (Å²) in [6.45, 7) is 6.36. The molecule has 0 heterocycles. The van der Waals surface area contributed by atoms with Crippen LogP contribution in [0.5, 0.6) is 0 Å². The number of sulfonamides is 1. The minimum Gasteiger partial charge on any atom is -0.466 e. The van der Waals surface area contributed by atoms with Gasteiger partial charge >= 0.3 is 5.97 Å². The fraction of sp³-hybridized carbons (Fsp3) is 0.909. The van der Waals surface area contributed by atoms with Crippen LogP contribution in [0, 0.1) is 5.92 Å². The molecular formula is C11H23NO4S. The Hall–Kier alpha value is -0.620. The molecule has 0 aliphatic rings. The molecule has 0 atom stereocenters. The van der Waals surface area contributed by atoms with Gasteiger partial charge in [-0.1, -0.05) is 13.8 Å². The Labute approximate surface area is 104 Å². The molecule has 17 heavy (non-hydrogen) atoms. The van der Waals surface area contributed by atoms with Gasteiger partial charge in [0.25, 0.3) is 0 Å². The minimum absolute atomic E-state index is 0.143. The molecule has 0 spiro atoms. The molecule has 6 heteroatoms. The van der Waals surface area contributed by atoms with Crippen LogP contribution in [0.15, 0.2) is 0 Å². The van der Waals surface area contributed by atoms with Crippen LogP contribution in [0.4, 0.5) is 0 Å². The van der Waals surface area contributed by atoms with Crippen molar-refractivity contribution < 1.29 is 17.9 Å².